The van der Waals surface area contributed by atoms with Gasteiger partial charge >= 0.3 is 0 Å². The van der Waals surface area contributed by atoms with Crippen molar-refractivity contribution in [3.63, 3.8) is 0 Å². The maximum atomic E-state index is 12.9. The Morgan fingerprint density at radius 3 is 2.59 bits per heavy atom. The number of aromatic nitrogens is 3. The summed E-state index contributed by atoms with van der Waals surface area (Å²) in [7, 11) is 1.84. The molecule has 4 aromatic rings. The van der Waals surface area contributed by atoms with E-state index in [4.69, 9.17) is 11.6 Å². The Hall–Kier alpha value is -3.05. The van der Waals surface area contributed by atoms with E-state index in [2.05, 4.69) is 21.5 Å². The molecule has 4 rings (SSSR count). The van der Waals surface area contributed by atoms with Crippen molar-refractivity contribution in [2.45, 2.75) is 19.8 Å². The number of halogens is 1. The number of aromatic amines is 1. The molecule has 0 spiro atoms. The summed E-state index contributed by atoms with van der Waals surface area (Å²) < 4.78 is 1.73. The molecule has 1 unspecified atom stereocenters. The van der Waals surface area contributed by atoms with E-state index in [1.165, 1.54) is 0 Å². The lowest BCUT2D eigenvalue weighted by molar-refractivity contribution is 0.0951. The molecule has 148 valence electrons. The van der Waals surface area contributed by atoms with Crippen LogP contribution in [0.4, 0.5) is 0 Å². The van der Waals surface area contributed by atoms with Crippen molar-refractivity contribution in [2.75, 3.05) is 6.54 Å². The van der Waals surface area contributed by atoms with Gasteiger partial charge in [-0.05, 0) is 37.1 Å². The first-order valence-corrected chi connectivity index (χ1v) is 9.94. The van der Waals surface area contributed by atoms with Gasteiger partial charge in [-0.15, -0.1) is 0 Å². The van der Waals surface area contributed by atoms with Gasteiger partial charge in [0, 0.05) is 47.3 Å². The largest absolute Gasteiger partial charge is 0.361 e. The molecule has 0 aliphatic carbocycles. The number of H-pyrrole nitrogens is 1. The summed E-state index contributed by atoms with van der Waals surface area (Å²) in [6.45, 7) is 4.19. The second kappa shape index (κ2) is 7.76. The van der Waals surface area contributed by atoms with E-state index in [0.717, 1.165) is 33.4 Å². The molecule has 0 saturated carbocycles. The molecule has 2 aromatic heterocycles. The molecule has 0 aliphatic heterocycles. The average molecular weight is 407 g/mol. The third-order valence-electron chi connectivity index (χ3n) is 5.48. The van der Waals surface area contributed by atoms with Gasteiger partial charge in [0.05, 0.1) is 11.3 Å². The molecule has 2 N–H and O–H groups in total. The molecule has 0 saturated heterocycles. The van der Waals surface area contributed by atoms with Crippen LogP contribution in [0.3, 0.4) is 0 Å². The number of hydrogen-bond acceptors (Lipinski definition) is 2. The number of benzene rings is 2. The fourth-order valence-electron chi connectivity index (χ4n) is 3.91. The summed E-state index contributed by atoms with van der Waals surface area (Å²) in [5, 5.41) is 9.27. The lowest BCUT2D eigenvalue weighted by Crippen LogP contribution is -2.29. The van der Waals surface area contributed by atoms with E-state index in [1.54, 1.807) is 4.68 Å². The Bertz CT molecular complexity index is 1190. The maximum absolute atomic E-state index is 12.9. The van der Waals surface area contributed by atoms with Crippen LogP contribution >= 0.6 is 11.6 Å². The molecule has 0 bridgehead atoms. The molecule has 2 heterocycles. The minimum absolute atomic E-state index is 0.0823. The van der Waals surface area contributed by atoms with Gasteiger partial charge in [-0.25, -0.2) is 0 Å². The lowest BCUT2D eigenvalue weighted by Gasteiger charge is -2.19. The number of amides is 1. The number of carbonyl (C=O) groups excluding carboxylic acids is 1. The lowest BCUT2D eigenvalue weighted by atomic mass is 9.90. The van der Waals surface area contributed by atoms with Gasteiger partial charge in [-0.2, -0.15) is 5.10 Å². The predicted molar refractivity (Wildman–Crippen MR) is 117 cm³/mol. The second-order valence-electron chi connectivity index (χ2n) is 7.24. The van der Waals surface area contributed by atoms with Gasteiger partial charge in [0.15, 0.2) is 0 Å². The number of aryl methyl sites for hydroxylation is 2. The first kappa shape index (κ1) is 19.3. The third kappa shape index (κ3) is 3.54. The van der Waals surface area contributed by atoms with Gasteiger partial charge < -0.3 is 10.3 Å². The number of rotatable bonds is 5. The summed E-state index contributed by atoms with van der Waals surface area (Å²) in [6.07, 6.45) is 2.01. The van der Waals surface area contributed by atoms with Crippen molar-refractivity contribution in [1.29, 1.82) is 0 Å². The number of carbonyl (C=O) groups is 1. The highest BCUT2D eigenvalue weighted by Gasteiger charge is 2.23. The average Bonchev–Trinajstić information content (AvgIpc) is 3.24. The van der Waals surface area contributed by atoms with E-state index in [-0.39, 0.29) is 11.8 Å². The highest BCUT2D eigenvalue weighted by Crippen LogP contribution is 2.34. The number of nitrogens with zero attached hydrogens (tertiary/aromatic N) is 2. The Balaban J connectivity index is 1.70. The predicted octanol–water partition coefficient (Wildman–Crippen LogP) is 4.73. The van der Waals surface area contributed by atoms with E-state index in [1.807, 2.05) is 69.6 Å². The third-order valence-corrected chi connectivity index (χ3v) is 5.82. The fraction of sp³-hybridized carbons (Fsp3) is 0.217. The zero-order valence-electron chi connectivity index (χ0n) is 16.7. The number of fused-ring (bicyclic) bond motifs is 1. The van der Waals surface area contributed by atoms with Gasteiger partial charge in [0.1, 0.15) is 0 Å². The SMILES string of the molecule is Cc1nn(C)c(C)c1C(=O)NCC(c1ccccc1Cl)c1c[nH]c2ccccc12. The van der Waals surface area contributed by atoms with Gasteiger partial charge in [-0.3, -0.25) is 9.48 Å². The second-order valence-corrected chi connectivity index (χ2v) is 7.65. The van der Waals surface area contributed by atoms with Crippen molar-refractivity contribution in [3.8, 4) is 0 Å². The Labute approximate surface area is 174 Å². The first-order chi connectivity index (χ1) is 14.0. The Morgan fingerprint density at radius 1 is 1.14 bits per heavy atom. The molecule has 1 atom stereocenters. The van der Waals surface area contributed by atoms with Crippen LogP contribution in [0.1, 0.15) is 38.8 Å². The summed E-state index contributed by atoms with van der Waals surface area (Å²) in [4.78, 5) is 16.3. The molecule has 29 heavy (non-hydrogen) atoms. The molecular weight excluding hydrogens is 384 g/mol. The van der Waals surface area contributed by atoms with Crippen molar-refractivity contribution < 1.29 is 4.79 Å². The Morgan fingerprint density at radius 2 is 1.86 bits per heavy atom. The number of hydrogen-bond donors (Lipinski definition) is 2. The summed E-state index contributed by atoms with van der Waals surface area (Å²) in [5.74, 6) is -0.203. The van der Waals surface area contributed by atoms with Crippen molar-refractivity contribution in [2.24, 2.45) is 7.05 Å². The van der Waals surface area contributed by atoms with Crippen LogP contribution < -0.4 is 5.32 Å². The van der Waals surface area contributed by atoms with E-state index in [9.17, 15) is 4.79 Å². The van der Waals surface area contributed by atoms with Crippen LogP contribution in [0.2, 0.25) is 5.02 Å². The molecular formula is C23H23ClN4O. The zero-order chi connectivity index (χ0) is 20.5. The fourth-order valence-corrected chi connectivity index (χ4v) is 4.18. The van der Waals surface area contributed by atoms with Gasteiger partial charge in [0.25, 0.3) is 5.91 Å². The highest BCUT2D eigenvalue weighted by atomic mass is 35.5. The molecule has 6 heteroatoms. The molecule has 1 amide bonds. The van der Waals surface area contributed by atoms with Gasteiger partial charge in [0.2, 0.25) is 0 Å². The quantitative estimate of drug-likeness (QED) is 0.503. The summed E-state index contributed by atoms with van der Waals surface area (Å²) in [6, 6.07) is 15.9. The smallest absolute Gasteiger partial charge is 0.255 e. The van der Waals surface area contributed by atoms with Crippen molar-refractivity contribution >= 4 is 28.4 Å². The monoisotopic (exact) mass is 406 g/mol. The first-order valence-electron chi connectivity index (χ1n) is 9.56. The van der Waals surface area contributed by atoms with E-state index >= 15 is 0 Å². The number of para-hydroxylation sites is 1. The van der Waals surface area contributed by atoms with E-state index < -0.39 is 0 Å². The van der Waals surface area contributed by atoms with Crippen LogP contribution in [0.25, 0.3) is 10.9 Å². The summed E-state index contributed by atoms with van der Waals surface area (Å²) in [5.41, 5.74) is 5.35. The highest BCUT2D eigenvalue weighted by molar-refractivity contribution is 6.31. The zero-order valence-corrected chi connectivity index (χ0v) is 17.4. The molecule has 0 aliphatic rings. The topological polar surface area (TPSA) is 62.7 Å². The minimum Gasteiger partial charge on any atom is -0.361 e. The molecule has 0 radical (unpaired) electrons. The normalized spacial score (nSPS) is 12.3. The standard InChI is InChI=1S/C23H23ClN4O/c1-14-22(15(2)28(3)27-14)23(29)26-13-18(16-8-4-6-10-20(16)24)19-12-25-21-11-7-5-9-17(19)21/h4-12,18,25H,13H2,1-3H3,(H,26,29). The molecule has 5 nitrogen and oxygen atoms in total. The number of nitrogens with one attached hydrogen (secondary N) is 2. The van der Waals surface area contributed by atoms with Gasteiger partial charge in [-0.1, -0.05) is 48.0 Å². The molecule has 0 fully saturated rings. The van der Waals surface area contributed by atoms with Crippen molar-refractivity contribution in [1.82, 2.24) is 20.1 Å². The van der Waals surface area contributed by atoms with Crippen LogP contribution in [0.5, 0.6) is 0 Å². The Kier molecular flexibility index (Phi) is 5.16. The van der Waals surface area contributed by atoms with Crippen LogP contribution in [-0.2, 0) is 7.05 Å². The van der Waals surface area contributed by atoms with Crippen LogP contribution in [-0.4, -0.2) is 27.2 Å². The molecule has 2 aromatic carbocycles. The van der Waals surface area contributed by atoms with Crippen LogP contribution in [0, 0.1) is 13.8 Å². The summed E-state index contributed by atoms with van der Waals surface area (Å²) >= 11 is 6.54. The van der Waals surface area contributed by atoms with Crippen molar-refractivity contribution in [3.05, 3.63) is 87.8 Å². The maximum Gasteiger partial charge on any atom is 0.255 e. The van der Waals surface area contributed by atoms with Crippen LogP contribution in [0.15, 0.2) is 54.7 Å². The van der Waals surface area contributed by atoms with E-state index in [0.29, 0.717) is 17.1 Å². The minimum atomic E-state index is -0.120.